The highest BCUT2D eigenvalue weighted by atomic mass is 31.2. The minimum atomic E-state index is -2.92. The Labute approximate surface area is 196 Å². The lowest BCUT2D eigenvalue weighted by molar-refractivity contribution is 0.632. The van der Waals surface area contributed by atoms with Gasteiger partial charge in [-0.15, -0.1) is 0 Å². The lowest BCUT2D eigenvalue weighted by Gasteiger charge is -2.21. The largest absolute Gasteiger partial charge is 0.257 e. The van der Waals surface area contributed by atoms with Crippen molar-refractivity contribution in [3.05, 3.63) is 134 Å². The van der Waals surface area contributed by atoms with E-state index >= 15 is 0 Å². The number of aromatic nitrogens is 2. The maximum absolute atomic E-state index is 12.3. The van der Waals surface area contributed by atoms with Crippen LogP contribution in [-0.4, -0.2) is 14.9 Å². The van der Waals surface area contributed by atoms with Crippen molar-refractivity contribution in [2.45, 2.75) is 0 Å². The smallest absolute Gasteiger partial charge is 0.236 e. The average Bonchev–Trinajstić information content (AvgIpc) is 2.91. The summed E-state index contributed by atoms with van der Waals surface area (Å²) in [6.07, 6.45) is 1.60. The summed E-state index contributed by atoms with van der Waals surface area (Å²) in [5.74, 6) is 0. The van der Waals surface area contributed by atoms with Gasteiger partial charge in [0, 0.05) is 14.0 Å². The van der Waals surface area contributed by atoms with Gasteiger partial charge in [0.2, 0.25) is 5.44 Å². The van der Waals surface area contributed by atoms with Crippen LogP contribution in [0.2, 0.25) is 0 Å². The average molecular weight is 465 g/mol. The van der Waals surface area contributed by atoms with Crippen LogP contribution in [0.25, 0.3) is 0 Å². The molecule has 5 rings (SSSR count). The normalized spacial score (nSPS) is 11.5. The van der Waals surface area contributed by atoms with Crippen LogP contribution in [0.4, 0.5) is 0 Å². The van der Waals surface area contributed by atoms with Gasteiger partial charge in [0.15, 0.2) is 0 Å². The minimum Gasteiger partial charge on any atom is -0.236 e. The first-order chi connectivity index (χ1) is 16.3. The zero-order valence-electron chi connectivity index (χ0n) is 17.9. The van der Waals surface area contributed by atoms with Gasteiger partial charge in [-0.25, -0.2) is 9.88 Å². The molecule has 1 aromatic heterocycles. The van der Waals surface area contributed by atoms with Crippen molar-refractivity contribution in [2.75, 3.05) is 0 Å². The monoisotopic (exact) mass is 465 g/mol. The third-order valence-electron chi connectivity index (χ3n) is 5.49. The Morgan fingerprint density at radius 1 is 0.545 bits per heavy atom. The molecule has 0 radical (unpaired) electrons. The van der Waals surface area contributed by atoms with Gasteiger partial charge in [0.05, 0.1) is 5.44 Å². The molecule has 3 nitrogen and oxygen atoms in total. The topological polar surface area (TPSA) is 46.0 Å². The van der Waals surface area contributed by atoms with Gasteiger partial charge in [-0.1, -0.05) is 97.1 Å². The zero-order chi connectivity index (χ0) is 22.5. The second kappa shape index (κ2) is 9.73. The number of benzene rings is 4. The van der Waals surface area contributed by atoms with Crippen LogP contribution in [0.3, 0.4) is 0 Å². The van der Waals surface area contributed by atoms with Crippen molar-refractivity contribution in [1.82, 2.24) is 9.97 Å². The molecule has 5 heteroatoms. The molecule has 0 aliphatic rings. The third-order valence-corrected chi connectivity index (χ3v) is 10.8. The second-order valence-corrected chi connectivity index (χ2v) is 12.5. The van der Waals surface area contributed by atoms with Gasteiger partial charge in [-0.3, -0.25) is 0 Å². The van der Waals surface area contributed by atoms with E-state index in [1.807, 2.05) is 78.9 Å². The Morgan fingerprint density at radius 2 is 0.970 bits per heavy atom. The number of hydrogen-bond donors (Lipinski definition) is 1. The number of rotatable bonds is 6. The summed E-state index contributed by atoms with van der Waals surface area (Å²) in [6.45, 7) is 0. The highest BCUT2D eigenvalue weighted by Crippen LogP contribution is 2.50. The summed E-state index contributed by atoms with van der Waals surface area (Å²) in [5, 5.41) is 4.18. The van der Waals surface area contributed by atoms with Crippen molar-refractivity contribution in [3.8, 4) is 0 Å². The molecule has 0 saturated carbocycles. The van der Waals surface area contributed by atoms with E-state index in [0.717, 1.165) is 16.0 Å². The molecule has 1 heterocycles. The molecule has 160 valence electrons. The summed E-state index contributed by atoms with van der Waals surface area (Å²) in [6, 6.07) is 42.7. The third kappa shape index (κ3) is 4.36. The SMILES string of the molecule is O[P+](c1ccccc1)(c1ccccc1)c1cc(P(c2ccccc2)c2ccccc2)ncn1. The van der Waals surface area contributed by atoms with Crippen LogP contribution in [0, 0.1) is 0 Å². The molecule has 0 bridgehead atoms. The molecule has 0 aliphatic carbocycles. The fraction of sp³-hybridized carbons (Fsp3) is 0. The number of hydrogen-bond acceptors (Lipinski definition) is 3. The van der Waals surface area contributed by atoms with Crippen molar-refractivity contribution in [1.29, 1.82) is 0 Å². The summed E-state index contributed by atoms with van der Waals surface area (Å²) in [4.78, 5) is 21.7. The highest BCUT2D eigenvalue weighted by molar-refractivity contribution is 7.91. The van der Waals surface area contributed by atoms with E-state index in [9.17, 15) is 4.89 Å². The summed E-state index contributed by atoms with van der Waals surface area (Å²) in [5.41, 5.74) is 1.60. The van der Waals surface area contributed by atoms with E-state index < -0.39 is 15.4 Å². The Hall–Kier alpha value is -3.22. The van der Waals surface area contributed by atoms with E-state index in [4.69, 9.17) is 4.98 Å². The van der Waals surface area contributed by atoms with Gasteiger partial charge in [0.1, 0.15) is 16.9 Å². The zero-order valence-corrected chi connectivity index (χ0v) is 19.7. The van der Waals surface area contributed by atoms with E-state index in [0.29, 0.717) is 5.44 Å². The molecular formula is C28H23N2OP2+. The molecule has 1 N–H and O–H groups in total. The van der Waals surface area contributed by atoms with Crippen LogP contribution < -0.4 is 32.1 Å². The van der Waals surface area contributed by atoms with Crippen LogP contribution in [0.15, 0.2) is 134 Å². The Balaban J connectivity index is 1.70. The molecule has 5 aromatic rings. The van der Waals surface area contributed by atoms with Crippen molar-refractivity contribution < 1.29 is 4.89 Å². The molecule has 0 fully saturated rings. The summed E-state index contributed by atoms with van der Waals surface area (Å²) < 4.78 is 0. The first-order valence-corrected chi connectivity index (χ1v) is 13.8. The van der Waals surface area contributed by atoms with E-state index in [1.54, 1.807) is 6.33 Å². The Morgan fingerprint density at radius 3 is 1.42 bits per heavy atom. The number of nitrogens with zero attached hydrogens (tertiary/aromatic N) is 2. The molecule has 4 aromatic carbocycles. The predicted molar refractivity (Wildman–Crippen MR) is 142 cm³/mol. The molecule has 0 atom stereocenters. The van der Waals surface area contributed by atoms with E-state index in [2.05, 4.69) is 53.5 Å². The molecular weight excluding hydrogens is 442 g/mol. The Bertz CT molecular complexity index is 1240. The molecule has 0 saturated heterocycles. The lowest BCUT2D eigenvalue weighted by atomic mass is 10.4. The Kier molecular flexibility index (Phi) is 6.37. The van der Waals surface area contributed by atoms with Gasteiger partial charge in [-0.2, -0.15) is 4.98 Å². The molecule has 0 unspecified atom stereocenters. The minimum absolute atomic E-state index is 0.671. The molecule has 0 amide bonds. The molecule has 33 heavy (non-hydrogen) atoms. The van der Waals surface area contributed by atoms with Gasteiger partial charge in [-0.05, 0) is 34.9 Å². The van der Waals surface area contributed by atoms with Crippen LogP contribution in [0.1, 0.15) is 0 Å². The maximum Gasteiger partial charge on any atom is 0.257 e. The second-order valence-electron chi connectivity index (χ2n) is 7.55. The lowest BCUT2D eigenvalue weighted by Crippen LogP contribution is -2.35. The van der Waals surface area contributed by atoms with Crippen LogP contribution >= 0.6 is 15.4 Å². The first-order valence-electron chi connectivity index (χ1n) is 10.7. The maximum atomic E-state index is 12.3. The molecule has 0 spiro atoms. The van der Waals surface area contributed by atoms with Gasteiger partial charge >= 0.3 is 0 Å². The predicted octanol–water partition coefficient (Wildman–Crippen LogP) is 3.44. The van der Waals surface area contributed by atoms with E-state index in [-0.39, 0.29) is 0 Å². The first kappa shape index (κ1) is 21.6. The summed E-state index contributed by atoms with van der Waals surface area (Å²) >= 11 is 0. The fourth-order valence-electron chi connectivity index (χ4n) is 3.91. The van der Waals surface area contributed by atoms with Gasteiger partial charge in [0.25, 0.3) is 7.49 Å². The fourth-order valence-corrected chi connectivity index (χ4v) is 8.76. The van der Waals surface area contributed by atoms with Crippen LogP contribution in [0.5, 0.6) is 0 Å². The van der Waals surface area contributed by atoms with Crippen molar-refractivity contribution in [2.24, 2.45) is 0 Å². The molecule has 0 aliphatic heterocycles. The van der Waals surface area contributed by atoms with E-state index in [1.165, 1.54) is 10.6 Å². The van der Waals surface area contributed by atoms with Crippen LogP contribution in [-0.2, 0) is 0 Å². The highest BCUT2D eigenvalue weighted by Gasteiger charge is 2.46. The summed E-state index contributed by atoms with van der Waals surface area (Å²) in [7, 11) is -3.81. The quantitative estimate of drug-likeness (QED) is 0.391. The van der Waals surface area contributed by atoms with Crippen molar-refractivity contribution >= 4 is 47.5 Å². The van der Waals surface area contributed by atoms with Gasteiger partial charge < -0.3 is 0 Å². The van der Waals surface area contributed by atoms with Crippen molar-refractivity contribution in [3.63, 3.8) is 0 Å². The standard InChI is InChI=1S/C28H23N2OP2/c31-33(25-17-9-3-10-18-25,26-19-11-4-12-20-26)28-21-27(29-22-30-28)32(23-13-5-1-6-14-23)24-15-7-2-8-16-24/h1-22,31H/q+1.